The second kappa shape index (κ2) is 4.60. The Morgan fingerprint density at radius 3 is 2.68 bits per heavy atom. The number of amides is 1. The van der Waals surface area contributed by atoms with Gasteiger partial charge in [-0.2, -0.15) is 0 Å². The van der Waals surface area contributed by atoms with Gasteiger partial charge in [0.2, 0.25) is 0 Å². The quantitative estimate of drug-likeness (QED) is 0.645. The predicted molar refractivity (Wildman–Crippen MR) is 90.7 cm³/mol. The Kier molecular flexibility index (Phi) is 2.70. The molecular weight excluding hydrogens is 272 g/mol. The first-order valence-electron chi connectivity index (χ1n) is 7.35. The van der Waals surface area contributed by atoms with Crippen molar-refractivity contribution in [3.63, 3.8) is 0 Å². The van der Waals surface area contributed by atoms with Crippen LogP contribution >= 0.6 is 0 Å². The molecule has 1 aliphatic heterocycles. The number of hydrogen-bond donors (Lipinski definition) is 2. The number of rotatable bonds is 1. The summed E-state index contributed by atoms with van der Waals surface area (Å²) in [5, 5.41) is 4.12. The molecule has 3 nitrogen and oxygen atoms in total. The topological polar surface area (TPSA) is 44.9 Å². The van der Waals surface area contributed by atoms with E-state index in [2.05, 4.69) is 35.4 Å². The molecule has 108 valence electrons. The highest BCUT2D eigenvalue weighted by Gasteiger charge is 2.24. The van der Waals surface area contributed by atoms with E-state index in [0.717, 1.165) is 33.6 Å². The summed E-state index contributed by atoms with van der Waals surface area (Å²) in [5.74, 6) is -0.0429. The minimum absolute atomic E-state index is 0.0429. The second-order valence-corrected chi connectivity index (χ2v) is 5.77. The van der Waals surface area contributed by atoms with Gasteiger partial charge < -0.3 is 10.3 Å². The van der Waals surface area contributed by atoms with E-state index in [1.165, 1.54) is 5.39 Å². The van der Waals surface area contributed by atoms with Gasteiger partial charge >= 0.3 is 0 Å². The average Bonchev–Trinajstić information content (AvgIpc) is 2.99. The van der Waals surface area contributed by atoms with E-state index in [-0.39, 0.29) is 5.91 Å². The maximum atomic E-state index is 12.3. The predicted octanol–water partition coefficient (Wildman–Crippen LogP) is 4.28. The van der Waals surface area contributed by atoms with Crippen LogP contribution in [0.2, 0.25) is 0 Å². The highest BCUT2D eigenvalue weighted by atomic mass is 16.2. The highest BCUT2D eigenvalue weighted by Crippen LogP contribution is 2.34. The Bertz CT molecular complexity index is 947. The lowest BCUT2D eigenvalue weighted by atomic mass is 10.0. The van der Waals surface area contributed by atoms with Crippen LogP contribution in [0.5, 0.6) is 0 Å². The molecule has 4 rings (SSSR count). The van der Waals surface area contributed by atoms with Crippen LogP contribution in [0.25, 0.3) is 22.6 Å². The molecule has 1 amide bonds. The molecule has 1 aromatic heterocycles. The molecule has 0 saturated carbocycles. The van der Waals surface area contributed by atoms with E-state index in [1.807, 2.05) is 37.3 Å². The summed E-state index contributed by atoms with van der Waals surface area (Å²) in [4.78, 5) is 15.7. The van der Waals surface area contributed by atoms with E-state index in [4.69, 9.17) is 0 Å². The molecule has 3 heteroatoms. The van der Waals surface area contributed by atoms with Gasteiger partial charge in [-0.1, -0.05) is 29.8 Å². The molecule has 0 spiro atoms. The lowest BCUT2D eigenvalue weighted by molar-refractivity contribution is -0.110. The number of aryl methyl sites for hydroxylation is 2. The molecule has 0 radical (unpaired) electrons. The zero-order valence-corrected chi connectivity index (χ0v) is 12.5. The van der Waals surface area contributed by atoms with E-state index in [0.29, 0.717) is 5.57 Å². The Labute approximate surface area is 128 Å². The fraction of sp³-hybridized carbons (Fsp3) is 0.105. The van der Waals surface area contributed by atoms with Gasteiger partial charge in [0, 0.05) is 27.8 Å². The van der Waals surface area contributed by atoms with Crippen molar-refractivity contribution >= 4 is 34.1 Å². The standard InChI is InChI=1S/C19H16N2O/c1-11-7-8-17-14(9-11)15(19(22)21-17)10-18-12(2)13-5-3-4-6-16(13)20-18/h3-10,20H,1-2H3,(H,21,22). The molecule has 0 bridgehead atoms. The Morgan fingerprint density at radius 1 is 1.05 bits per heavy atom. The summed E-state index contributed by atoms with van der Waals surface area (Å²) < 4.78 is 0. The SMILES string of the molecule is Cc1ccc2c(c1)C(=Cc1[nH]c3ccccc3c1C)C(=O)N2. The number of anilines is 1. The van der Waals surface area contributed by atoms with Crippen LogP contribution in [0.4, 0.5) is 5.69 Å². The molecular formula is C19H16N2O. The van der Waals surface area contributed by atoms with Crippen molar-refractivity contribution in [1.29, 1.82) is 0 Å². The summed E-state index contributed by atoms with van der Waals surface area (Å²) in [6, 6.07) is 14.2. The van der Waals surface area contributed by atoms with Crippen LogP contribution in [0.1, 0.15) is 22.4 Å². The maximum absolute atomic E-state index is 12.3. The van der Waals surface area contributed by atoms with Crippen LogP contribution in [0.3, 0.4) is 0 Å². The molecule has 0 fully saturated rings. The van der Waals surface area contributed by atoms with E-state index in [9.17, 15) is 4.79 Å². The fourth-order valence-corrected chi connectivity index (χ4v) is 3.04. The number of aromatic amines is 1. The number of carbonyl (C=O) groups is 1. The van der Waals surface area contributed by atoms with Crippen LogP contribution in [0, 0.1) is 13.8 Å². The smallest absolute Gasteiger partial charge is 0.256 e. The van der Waals surface area contributed by atoms with Crippen molar-refractivity contribution in [2.24, 2.45) is 0 Å². The molecule has 2 heterocycles. The van der Waals surface area contributed by atoms with E-state index in [1.54, 1.807) is 0 Å². The lowest BCUT2D eigenvalue weighted by Gasteiger charge is -2.00. The first kappa shape index (κ1) is 12.9. The summed E-state index contributed by atoms with van der Waals surface area (Å²) in [7, 11) is 0. The molecule has 0 aliphatic carbocycles. The molecule has 0 atom stereocenters. The molecule has 0 saturated heterocycles. The number of para-hydroxylation sites is 1. The Morgan fingerprint density at radius 2 is 1.86 bits per heavy atom. The van der Waals surface area contributed by atoms with Crippen molar-refractivity contribution in [3.8, 4) is 0 Å². The third-order valence-corrected chi connectivity index (χ3v) is 4.25. The maximum Gasteiger partial charge on any atom is 0.256 e. The number of nitrogens with one attached hydrogen (secondary N) is 2. The molecule has 22 heavy (non-hydrogen) atoms. The van der Waals surface area contributed by atoms with Crippen molar-refractivity contribution < 1.29 is 4.79 Å². The minimum Gasteiger partial charge on any atom is -0.355 e. The van der Waals surface area contributed by atoms with Gasteiger partial charge in [-0.25, -0.2) is 0 Å². The average molecular weight is 288 g/mol. The summed E-state index contributed by atoms with van der Waals surface area (Å²) in [6.45, 7) is 4.12. The normalized spacial score (nSPS) is 15.4. The molecule has 1 aliphatic rings. The molecule has 3 aromatic rings. The first-order valence-corrected chi connectivity index (χ1v) is 7.35. The third kappa shape index (κ3) is 1.86. The van der Waals surface area contributed by atoms with Crippen molar-refractivity contribution in [2.75, 3.05) is 5.32 Å². The first-order chi connectivity index (χ1) is 10.6. The van der Waals surface area contributed by atoms with Gasteiger partial charge in [-0.15, -0.1) is 0 Å². The lowest BCUT2D eigenvalue weighted by Crippen LogP contribution is -2.03. The summed E-state index contributed by atoms with van der Waals surface area (Å²) in [6.07, 6.45) is 1.95. The molecule has 0 unspecified atom stereocenters. The zero-order valence-electron chi connectivity index (χ0n) is 12.5. The third-order valence-electron chi connectivity index (χ3n) is 4.25. The number of carbonyl (C=O) groups excluding carboxylic acids is 1. The largest absolute Gasteiger partial charge is 0.355 e. The number of aromatic nitrogens is 1. The zero-order chi connectivity index (χ0) is 15.3. The highest BCUT2D eigenvalue weighted by molar-refractivity contribution is 6.35. The van der Waals surface area contributed by atoms with Gasteiger partial charge in [-0.05, 0) is 43.7 Å². The summed E-state index contributed by atoms with van der Waals surface area (Å²) in [5.41, 5.74) is 6.97. The fourth-order valence-electron chi connectivity index (χ4n) is 3.04. The van der Waals surface area contributed by atoms with Gasteiger partial charge in [0.15, 0.2) is 0 Å². The van der Waals surface area contributed by atoms with Crippen LogP contribution < -0.4 is 5.32 Å². The second-order valence-electron chi connectivity index (χ2n) is 5.77. The van der Waals surface area contributed by atoms with Crippen molar-refractivity contribution in [3.05, 3.63) is 64.8 Å². The number of hydrogen-bond acceptors (Lipinski definition) is 1. The monoisotopic (exact) mass is 288 g/mol. The van der Waals surface area contributed by atoms with Crippen LogP contribution in [-0.2, 0) is 4.79 Å². The number of fused-ring (bicyclic) bond motifs is 2. The van der Waals surface area contributed by atoms with Crippen molar-refractivity contribution in [1.82, 2.24) is 4.98 Å². The van der Waals surface area contributed by atoms with Gasteiger partial charge in [-0.3, -0.25) is 4.79 Å². The minimum atomic E-state index is -0.0429. The molecule has 2 N–H and O–H groups in total. The van der Waals surface area contributed by atoms with Crippen LogP contribution in [0.15, 0.2) is 42.5 Å². The number of benzene rings is 2. The Hall–Kier alpha value is -2.81. The van der Waals surface area contributed by atoms with E-state index < -0.39 is 0 Å². The summed E-state index contributed by atoms with van der Waals surface area (Å²) >= 11 is 0. The number of H-pyrrole nitrogens is 1. The van der Waals surface area contributed by atoms with Crippen molar-refractivity contribution in [2.45, 2.75) is 13.8 Å². The van der Waals surface area contributed by atoms with Gasteiger partial charge in [0.1, 0.15) is 0 Å². The van der Waals surface area contributed by atoms with Crippen LogP contribution in [-0.4, -0.2) is 10.9 Å². The van der Waals surface area contributed by atoms with Gasteiger partial charge in [0.25, 0.3) is 5.91 Å². The molecule has 2 aromatic carbocycles. The Balaban J connectivity index is 1.91. The van der Waals surface area contributed by atoms with Gasteiger partial charge in [0.05, 0.1) is 5.57 Å². The van der Waals surface area contributed by atoms with E-state index >= 15 is 0 Å².